The maximum absolute atomic E-state index is 9.71. The number of halogens is 3. The van der Waals surface area contributed by atoms with E-state index in [2.05, 4.69) is 0 Å². The van der Waals surface area contributed by atoms with E-state index < -0.39 is 10.1 Å². The predicted molar refractivity (Wildman–Crippen MR) is 26.3 cm³/mol. The van der Waals surface area contributed by atoms with Gasteiger partial charge in [-0.3, -0.25) is 0 Å². The van der Waals surface area contributed by atoms with Gasteiger partial charge in [0.15, 0.2) is 0 Å². The van der Waals surface area contributed by atoms with E-state index in [1.54, 1.807) is 0 Å². The maximum Gasteiger partial charge on any atom is 1.00 e. The molecule has 0 aromatic carbocycles. The third kappa shape index (κ3) is 5.92. The van der Waals surface area contributed by atoms with Crippen molar-refractivity contribution in [3.05, 3.63) is 0 Å². The summed E-state index contributed by atoms with van der Waals surface area (Å²) < 4.78 is -2.08. The fraction of sp³-hybridized carbons (Fsp3) is 1.00. The largest absolute Gasteiger partial charge is 1.00 e. The van der Waals surface area contributed by atoms with Crippen molar-refractivity contribution in [2.45, 2.75) is 10.1 Å². The van der Waals surface area contributed by atoms with Crippen molar-refractivity contribution in [2.75, 3.05) is 0 Å². The van der Waals surface area contributed by atoms with Gasteiger partial charge in [-0.15, -0.1) is 0 Å². The molecule has 0 rings (SSSR count). The molecule has 1 atom stereocenters. The van der Waals surface area contributed by atoms with Gasteiger partial charge in [0.2, 0.25) is 3.79 Å². The molecule has 0 spiro atoms. The van der Waals surface area contributed by atoms with Gasteiger partial charge in [0, 0.05) is 6.29 Å². The molecule has 0 radical (unpaired) electrons. The van der Waals surface area contributed by atoms with Gasteiger partial charge in [0.05, 0.1) is 0 Å². The summed E-state index contributed by atoms with van der Waals surface area (Å²) in [6.45, 7) is 0. The molecular formula is C2H2Cl3NaO2. The van der Waals surface area contributed by atoms with E-state index in [9.17, 15) is 5.11 Å². The summed E-state index contributed by atoms with van der Waals surface area (Å²) in [4.78, 5) is 0. The molecule has 0 aliphatic rings. The second kappa shape index (κ2) is 4.58. The first-order valence-corrected chi connectivity index (χ1v) is 2.48. The predicted octanol–water partition coefficient (Wildman–Crippen LogP) is -2.96. The van der Waals surface area contributed by atoms with E-state index in [1.165, 1.54) is 0 Å². The minimum Gasteiger partial charge on any atom is -0.828 e. The standard InChI is InChI=1S/C2H2Cl3O2.Na/c3-2(4,5)1(6)7;/h1,6H;/q-1;+1. The van der Waals surface area contributed by atoms with E-state index in [0.717, 1.165) is 0 Å². The quantitative estimate of drug-likeness (QED) is 0.250. The molecule has 0 aliphatic carbocycles. The molecule has 0 saturated heterocycles. The van der Waals surface area contributed by atoms with Gasteiger partial charge in [0.1, 0.15) is 0 Å². The van der Waals surface area contributed by atoms with Gasteiger partial charge < -0.3 is 10.2 Å². The Morgan fingerprint density at radius 1 is 1.38 bits per heavy atom. The molecule has 0 fully saturated rings. The average molecular weight is 187 g/mol. The summed E-state index contributed by atoms with van der Waals surface area (Å²) in [5.41, 5.74) is 0. The molecule has 0 aromatic heterocycles. The van der Waals surface area contributed by atoms with Gasteiger partial charge >= 0.3 is 29.6 Å². The number of aliphatic hydroxyl groups excluding tert-OH is 1. The summed E-state index contributed by atoms with van der Waals surface area (Å²) in [5, 5.41) is 17.6. The van der Waals surface area contributed by atoms with Gasteiger partial charge in [-0.2, -0.15) is 0 Å². The van der Waals surface area contributed by atoms with Crippen molar-refractivity contribution in [1.29, 1.82) is 0 Å². The topological polar surface area (TPSA) is 43.3 Å². The van der Waals surface area contributed by atoms with Crippen LogP contribution < -0.4 is 34.7 Å². The minimum absolute atomic E-state index is 0. The van der Waals surface area contributed by atoms with Crippen LogP contribution in [0.3, 0.4) is 0 Å². The fourth-order valence-corrected chi connectivity index (χ4v) is 0. The van der Waals surface area contributed by atoms with Crippen LogP contribution >= 0.6 is 34.8 Å². The number of rotatable bonds is 0. The van der Waals surface area contributed by atoms with E-state index in [-0.39, 0.29) is 29.6 Å². The van der Waals surface area contributed by atoms with E-state index in [4.69, 9.17) is 39.9 Å². The molecule has 1 N–H and O–H groups in total. The number of aliphatic hydroxyl groups is 1. The van der Waals surface area contributed by atoms with E-state index in [0.29, 0.717) is 0 Å². The van der Waals surface area contributed by atoms with Crippen LogP contribution in [0.1, 0.15) is 0 Å². The summed E-state index contributed by atoms with van der Waals surface area (Å²) in [6, 6.07) is 0. The molecule has 6 heteroatoms. The Morgan fingerprint density at radius 2 is 1.50 bits per heavy atom. The number of hydrogen-bond donors (Lipinski definition) is 1. The minimum atomic E-state index is -2.16. The fourth-order valence-electron chi connectivity index (χ4n) is 0. The van der Waals surface area contributed by atoms with Crippen molar-refractivity contribution < 1.29 is 39.8 Å². The smallest absolute Gasteiger partial charge is 0.828 e. The van der Waals surface area contributed by atoms with Crippen molar-refractivity contribution >= 4 is 34.8 Å². The van der Waals surface area contributed by atoms with Crippen molar-refractivity contribution in [2.24, 2.45) is 0 Å². The molecule has 0 amide bonds. The maximum atomic E-state index is 9.71. The SMILES string of the molecule is [Na+].[O-]C(O)C(Cl)(Cl)Cl. The molecule has 8 heavy (non-hydrogen) atoms. The molecule has 0 aliphatic heterocycles. The Labute approximate surface area is 84.0 Å². The molecule has 0 saturated carbocycles. The molecule has 1 unspecified atom stereocenters. The first-order valence-electron chi connectivity index (χ1n) is 1.35. The Bertz CT molecular complexity index is 60.8. The van der Waals surface area contributed by atoms with Gasteiger partial charge in [0.25, 0.3) is 0 Å². The summed E-state index contributed by atoms with van der Waals surface area (Å²) in [6.07, 6.45) is -2.16. The molecular weight excluding hydrogens is 185 g/mol. The first-order chi connectivity index (χ1) is 2.94. The molecule has 44 valence electrons. The second-order valence-corrected chi connectivity index (χ2v) is 3.26. The number of hydrogen-bond acceptors (Lipinski definition) is 2. The zero-order valence-corrected chi connectivity index (χ0v) is 8.33. The van der Waals surface area contributed by atoms with E-state index >= 15 is 0 Å². The van der Waals surface area contributed by atoms with Crippen LogP contribution in [0.4, 0.5) is 0 Å². The summed E-state index contributed by atoms with van der Waals surface area (Å²) in [7, 11) is 0. The van der Waals surface area contributed by atoms with Crippen LogP contribution in [-0.2, 0) is 0 Å². The monoisotopic (exact) mass is 186 g/mol. The van der Waals surface area contributed by atoms with Crippen molar-refractivity contribution in [3.8, 4) is 0 Å². The van der Waals surface area contributed by atoms with Crippen LogP contribution in [0.15, 0.2) is 0 Å². The van der Waals surface area contributed by atoms with Crippen LogP contribution in [0.2, 0.25) is 0 Å². The Kier molecular flexibility index (Phi) is 7.14. The summed E-state index contributed by atoms with van der Waals surface area (Å²) in [5.74, 6) is 0. The Balaban J connectivity index is 0. The molecule has 2 nitrogen and oxygen atoms in total. The van der Waals surface area contributed by atoms with Crippen LogP contribution in [0.25, 0.3) is 0 Å². The average Bonchev–Trinajstić information content (AvgIpc) is 1.31. The third-order valence-electron chi connectivity index (χ3n) is 0.280. The van der Waals surface area contributed by atoms with Crippen molar-refractivity contribution in [1.82, 2.24) is 0 Å². The van der Waals surface area contributed by atoms with Crippen LogP contribution in [0, 0.1) is 0 Å². The first kappa shape index (κ1) is 12.5. The van der Waals surface area contributed by atoms with Crippen LogP contribution in [0.5, 0.6) is 0 Å². The summed E-state index contributed by atoms with van der Waals surface area (Å²) >= 11 is 14.5. The molecule has 0 bridgehead atoms. The van der Waals surface area contributed by atoms with Crippen molar-refractivity contribution in [3.63, 3.8) is 0 Å². The van der Waals surface area contributed by atoms with Crippen LogP contribution in [-0.4, -0.2) is 15.2 Å². The third-order valence-corrected chi connectivity index (χ3v) is 0.840. The van der Waals surface area contributed by atoms with Gasteiger partial charge in [-0.1, -0.05) is 34.8 Å². The second-order valence-electron chi connectivity index (χ2n) is 0.894. The zero-order valence-electron chi connectivity index (χ0n) is 4.07. The zero-order chi connectivity index (χ0) is 6.08. The van der Waals surface area contributed by atoms with Gasteiger partial charge in [-0.05, 0) is 0 Å². The Morgan fingerprint density at radius 3 is 1.50 bits per heavy atom. The Hall–Kier alpha value is 1.79. The number of alkyl halides is 3. The van der Waals surface area contributed by atoms with Gasteiger partial charge in [-0.25, -0.2) is 0 Å². The molecule has 0 aromatic rings. The normalized spacial score (nSPS) is 14.6. The molecule has 0 heterocycles. The van der Waals surface area contributed by atoms with E-state index in [1.807, 2.05) is 0 Å².